The van der Waals surface area contributed by atoms with Gasteiger partial charge >= 0.3 is 0 Å². The number of carbonyl (C=O) groups excluding carboxylic acids is 1. The number of hydrogen-bond donors (Lipinski definition) is 1. The van der Waals surface area contributed by atoms with Crippen LogP contribution in [0.25, 0.3) is 0 Å². The van der Waals surface area contributed by atoms with Gasteiger partial charge in [0, 0.05) is 13.0 Å². The number of amides is 1. The van der Waals surface area contributed by atoms with Gasteiger partial charge in [-0.25, -0.2) is 0 Å². The molecule has 0 heterocycles. The molecule has 0 unspecified atom stereocenters. The van der Waals surface area contributed by atoms with E-state index in [0.29, 0.717) is 13.0 Å². The second-order valence-corrected chi connectivity index (χ2v) is 5.72. The minimum atomic E-state index is 0.154. The molecule has 0 saturated carbocycles. The van der Waals surface area contributed by atoms with Gasteiger partial charge in [-0.05, 0) is 32.1 Å². The topological polar surface area (TPSA) is 29.1 Å². The molecule has 0 aliphatic carbocycles. The number of unbranched alkanes of at least 4 members (excludes halogenated alkanes) is 9. The van der Waals surface area contributed by atoms with Gasteiger partial charge in [0.05, 0.1) is 0 Å². The molecule has 0 radical (unpaired) electrons. The van der Waals surface area contributed by atoms with Crippen molar-refractivity contribution in [2.45, 2.75) is 84.0 Å². The summed E-state index contributed by atoms with van der Waals surface area (Å²) in [5.74, 6) is 0.154. The van der Waals surface area contributed by atoms with E-state index in [-0.39, 0.29) is 5.91 Å². The third kappa shape index (κ3) is 16.9. The third-order valence-corrected chi connectivity index (χ3v) is 3.61. The van der Waals surface area contributed by atoms with Crippen LogP contribution in [0.5, 0.6) is 0 Å². The van der Waals surface area contributed by atoms with Crippen molar-refractivity contribution in [1.82, 2.24) is 5.32 Å². The number of nitrogens with one attached hydrogen (secondary N) is 1. The molecule has 1 N–H and O–H groups in total. The quantitative estimate of drug-likeness (QED) is 0.311. The Balaban J connectivity index is 3.16. The molecule has 0 aromatic heterocycles. The number of hydrogen-bond acceptors (Lipinski definition) is 1. The second kappa shape index (κ2) is 17.0. The molecule has 0 rings (SSSR count). The van der Waals surface area contributed by atoms with Crippen molar-refractivity contribution in [1.29, 1.82) is 0 Å². The molecular weight excluding hydrogens is 258 g/mol. The average molecular weight is 293 g/mol. The minimum Gasteiger partial charge on any atom is -0.353 e. The Kier molecular flexibility index (Phi) is 16.2. The van der Waals surface area contributed by atoms with E-state index in [4.69, 9.17) is 0 Å². The Bertz CT molecular complexity index is 271. The summed E-state index contributed by atoms with van der Waals surface area (Å²) in [7, 11) is 0. The molecule has 1 amide bonds. The molecule has 0 saturated heterocycles. The van der Waals surface area contributed by atoms with Crippen molar-refractivity contribution < 1.29 is 4.79 Å². The molecule has 2 heteroatoms. The molecular formula is C19H35NO. The first-order valence-corrected chi connectivity index (χ1v) is 8.83. The normalized spacial score (nSPS) is 10.9. The van der Waals surface area contributed by atoms with Gasteiger partial charge in [0.1, 0.15) is 0 Å². The zero-order valence-electron chi connectivity index (χ0n) is 14.0. The van der Waals surface area contributed by atoms with Crippen molar-refractivity contribution >= 4 is 5.91 Å². The molecule has 0 spiro atoms. The van der Waals surface area contributed by atoms with Crippen LogP contribution in [0, 0.1) is 0 Å². The summed E-state index contributed by atoms with van der Waals surface area (Å²) >= 11 is 0. The van der Waals surface area contributed by atoms with Crippen molar-refractivity contribution in [3.05, 3.63) is 24.8 Å². The standard InChI is InChI=1S/C19H35NO/c1-3-5-6-7-8-9-10-11-12-13-14-15-16-17-19(21)20-18-4-2/h4,9-10H,2-3,5-8,11-18H2,1H3,(H,20,21). The van der Waals surface area contributed by atoms with Gasteiger partial charge in [0.2, 0.25) is 5.91 Å². The highest BCUT2D eigenvalue weighted by Crippen LogP contribution is 2.08. The Morgan fingerprint density at radius 2 is 1.48 bits per heavy atom. The van der Waals surface area contributed by atoms with Crippen molar-refractivity contribution in [2.75, 3.05) is 6.54 Å². The summed E-state index contributed by atoms with van der Waals surface area (Å²) < 4.78 is 0. The molecule has 0 fully saturated rings. The lowest BCUT2D eigenvalue weighted by atomic mass is 10.1. The van der Waals surface area contributed by atoms with Crippen LogP contribution in [0.4, 0.5) is 0 Å². The summed E-state index contributed by atoms with van der Waals surface area (Å²) in [6.07, 6.45) is 20.9. The second-order valence-electron chi connectivity index (χ2n) is 5.72. The summed E-state index contributed by atoms with van der Waals surface area (Å²) in [6.45, 7) is 6.42. The number of rotatable bonds is 15. The predicted octanol–water partition coefficient (Wildman–Crippen LogP) is 5.55. The van der Waals surface area contributed by atoms with Crippen molar-refractivity contribution in [2.24, 2.45) is 0 Å². The molecule has 122 valence electrons. The van der Waals surface area contributed by atoms with Gasteiger partial charge in [-0.3, -0.25) is 4.79 Å². The van der Waals surface area contributed by atoms with E-state index < -0.39 is 0 Å². The summed E-state index contributed by atoms with van der Waals surface area (Å²) in [5.41, 5.74) is 0. The highest BCUT2D eigenvalue weighted by molar-refractivity contribution is 5.75. The van der Waals surface area contributed by atoms with Crippen LogP contribution in [0.1, 0.15) is 84.0 Å². The zero-order chi connectivity index (χ0) is 15.6. The molecule has 0 aromatic carbocycles. The number of carbonyl (C=O) groups is 1. The maximum absolute atomic E-state index is 11.3. The lowest BCUT2D eigenvalue weighted by Crippen LogP contribution is -2.22. The fourth-order valence-corrected chi connectivity index (χ4v) is 2.28. The minimum absolute atomic E-state index is 0.154. The van der Waals surface area contributed by atoms with Crippen LogP contribution >= 0.6 is 0 Å². The smallest absolute Gasteiger partial charge is 0.220 e. The van der Waals surface area contributed by atoms with Gasteiger partial charge in [-0.2, -0.15) is 0 Å². The van der Waals surface area contributed by atoms with Gasteiger partial charge in [-0.15, -0.1) is 6.58 Å². The molecule has 0 aliphatic heterocycles. The van der Waals surface area contributed by atoms with E-state index in [2.05, 4.69) is 31.0 Å². The molecule has 0 atom stereocenters. The highest BCUT2D eigenvalue weighted by Gasteiger charge is 1.98. The predicted molar refractivity (Wildman–Crippen MR) is 93.4 cm³/mol. The first kappa shape index (κ1) is 19.9. The largest absolute Gasteiger partial charge is 0.353 e. The fourth-order valence-electron chi connectivity index (χ4n) is 2.28. The van der Waals surface area contributed by atoms with E-state index in [1.54, 1.807) is 6.08 Å². The van der Waals surface area contributed by atoms with Crippen LogP contribution < -0.4 is 5.32 Å². The van der Waals surface area contributed by atoms with E-state index in [1.807, 2.05) is 0 Å². The maximum atomic E-state index is 11.3. The van der Waals surface area contributed by atoms with Crippen LogP contribution in [0.3, 0.4) is 0 Å². The molecule has 0 bridgehead atoms. The molecule has 2 nitrogen and oxygen atoms in total. The fraction of sp³-hybridized carbons (Fsp3) is 0.737. The first-order chi connectivity index (χ1) is 10.3. The van der Waals surface area contributed by atoms with Gasteiger partial charge in [-0.1, -0.05) is 63.7 Å². The first-order valence-electron chi connectivity index (χ1n) is 8.83. The number of allylic oxidation sites excluding steroid dienone is 2. The molecule has 21 heavy (non-hydrogen) atoms. The highest BCUT2D eigenvalue weighted by atomic mass is 16.1. The van der Waals surface area contributed by atoms with E-state index in [1.165, 1.54) is 64.2 Å². The van der Waals surface area contributed by atoms with E-state index in [9.17, 15) is 4.79 Å². The van der Waals surface area contributed by atoms with Gasteiger partial charge in [0.25, 0.3) is 0 Å². The van der Waals surface area contributed by atoms with E-state index >= 15 is 0 Å². The Hall–Kier alpha value is -1.05. The summed E-state index contributed by atoms with van der Waals surface area (Å²) in [5, 5.41) is 2.81. The van der Waals surface area contributed by atoms with Crippen LogP contribution in [0.15, 0.2) is 24.8 Å². The Labute approximate surface area is 132 Å². The Morgan fingerprint density at radius 1 is 0.905 bits per heavy atom. The zero-order valence-corrected chi connectivity index (χ0v) is 14.0. The third-order valence-electron chi connectivity index (χ3n) is 3.61. The molecule has 0 aromatic rings. The molecule has 0 aliphatic rings. The van der Waals surface area contributed by atoms with Gasteiger partial charge < -0.3 is 5.32 Å². The van der Waals surface area contributed by atoms with E-state index in [0.717, 1.165) is 6.42 Å². The average Bonchev–Trinajstić information content (AvgIpc) is 2.49. The SMILES string of the molecule is C=CCNC(=O)CCCCCCCC=CCCCCCC. The summed E-state index contributed by atoms with van der Waals surface area (Å²) in [6, 6.07) is 0. The van der Waals surface area contributed by atoms with Crippen LogP contribution in [-0.2, 0) is 4.79 Å². The Morgan fingerprint density at radius 3 is 2.10 bits per heavy atom. The van der Waals surface area contributed by atoms with Crippen LogP contribution in [-0.4, -0.2) is 12.5 Å². The van der Waals surface area contributed by atoms with Gasteiger partial charge in [0.15, 0.2) is 0 Å². The maximum Gasteiger partial charge on any atom is 0.220 e. The lowest BCUT2D eigenvalue weighted by Gasteiger charge is -2.02. The summed E-state index contributed by atoms with van der Waals surface area (Å²) in [4.78, 5) is 11.3. The van der Waals surface area contributed by atoms with Crippen molar-refractivity contribution in [3.8, 4) is 0 Å². The van der Waals surface area contributed by atoms with Crippen LogP contribution in [0.2, 0.25) is 0 Å². The van der Waals surface area contributed by atoms with Crippen molar-refractivity contribution in [3.63, 3.8) is 0 Å². The lowest BCUT2D eigenvalue weighted by molar-refractivity contribution is -0.121. The monoisotopic (exact) mass is 293 g/mol.